The first-order valence-corrected chi connectivity index (χ1v) is 21.4. The molecule has 57 heavy (non-hydrogen) atoms. The highest BCUT2D eigenvalue weighted by molar-refractivity contribution is 7.09. The van der Waals surface area contributed by atoms with Crippen molar-refractivity contribution < 1.29 is 38.5 Å². The second-order valence-electron chi connectivity index (χ2n) is 18.2. The Kier molecular flexibility index (Phi) is 11.5. The molecule has 306 valence electrons. The van der Waals surface area contributed by atoms with Crippen LogP contribution in [0.4, 0.5) is 0 Å². The lowest BCUT2D eigenvalue weighted by molar-refractivity contribution is -0.158. The number of methoxy groups -OCH3 is 1. The molecule has 3 aromatic rings. The van der Waals surface area contributed by atoms with Crippen LogP contribution in [0.3, 0.4) is 0 Å². The number of aliphatic carboxylic acids is 1. The van der Waals surface area contributed by atoms with Crippen LogP contribution in [0.25, 0.3) is 22.3 Å². The fraction of sp³-hybridized carbons (Fsp3) is 0.591. The van der Waals surface area contributed by atoms with E-state index in [0.717, 1.165) is 30.7 Å². The standard InChI is InChI=1S/C44H54ClN3O8S/c1-8-26-19-44(26,42(52)53)20-33(49)32-16-27(21-48(32)41(51)29(43(4,5)6)17-38(50)56-35-15-24-9-10-25(35)14-24)55-36-18-30(31-22-57-37(46-31)13-23(2)3)47-40-28(36)11-12-34(54-7)39(40)45/h8,11-12,18,22-27,29,32,35H,1,9-10,13-17,19-21H2,2-7H3,(H,52,53)/t24?,25?,26?,27-,29-,32+,35?,44-/m1/s1. The number of amides is 1. The van der Waals surface area contributed by atoms with Crippen molar-refractivity contribution in [1.29, 1.82) is 0 Å². The number of ketones is 1. The molecule has 7 rings (SSSR count). The molecule has 8 atom stereocenters. The third-order valence-corrected chi connectivity index (χ3v) is 13.9. The first-order valence-electron chi connectivity index (χ1n) is 20.2. The Morgan fingerprint density at radius 2 is 1.88 bits per heavy atom. The molecular weight excluding hydrogens is 766 g/mol. The third kappa shape index (κ3) is 8.31. The molecule has 0 spiro atoms. The number of hydrogen-bond donors (Lipinski definition) is 1. The first kappa shape index (κ1) is 41.1. The van der Waals surface area contributed by atoms with Crippen LogP contribution in [0.1, 0.15) is 91.0 Å². The summed E-state index contributed by atoms with van der Waals surface area (Å²) in [5.41, 5.74) is -0.239. The summed E-state index contributed by atoms with van der Waals surface area (Å²) in [4.78, 5) is 66.4. The van der Waals surface area contributed by atoms with E-state index in [1.54, 1.807) is 23.5 Å². The Hall–Kier alpha value is -4.03. The molecule has 11 nitrogen and oxygen atoms in total. The van der Waals surface area contributed by atoms with Gasteiger partial charge in [0.25, 0.3) is 0 Å². The van der Waals surface area contributed by atoms with Crippen molar-refractivity contribution in [2.75, 3.05) is 13.7 Å². The van der Waals surface area contributed by atoms with E-state index >= 15 is 0 Å². The Labute approximate surface area is 343 Å². The number of benzene rings is 1. The van der Waals surface area contributed by atoms with Crippen LogP contribution < -0.4 is 9.47 Å². The highest BCUT2D eigenvalue weighted by atomic mass is 35.5. The van der Waals surface area contributed by atoms with Crippen LogP contribution in [0.15, 0.2) is 36.2 Å². The van der Waals surface area contributed by atoms with Crippen molar-refractivity contribution in [3.05, 3.63) is 46.3 Å². The number of rotatable bonds is 15. The molecule has 3 aliphatic carbocycles. The molecule has 4 aliphatic rings. The van der Waals surface area contributed by atoms with Gasteiger partial charge in [0, 0.05) is 36.1 Å². The minimum Gasteiger partial charge on any atom is -0.495 e. The van der Waals surface area contributed by atoms with Gasteiger partial charge >= 0.3 is 11.9 Å². The number of allylic oxidation sites excluding steroid dienone is 1. The summed E-state index contributed by atoms with van der Waals surface area (Å²) < 4.78 is 18.3. The van der Waals surface area contributed by atoms with E-state index in [-0.39, 0.29) is 49.5 Å². The van der Waals surface area contributed by atoms with Gasteiger partial charge in [-0.25, -0.2) is 9.97 Å². The number of nitrogens with zero attached hydrogens (tertiary/aromatic N) is 3. The number of carbonyl (C=O) groups is 4. The number of hydrogen-bond acceptors (Lipinski definition) is 10. The maximum absolute atomic E-state index is 14.8. The lowest BCUT2D eigenvalue weighted by Crippen LogP contribution is -2.48. The summed E-state index contributed by atoms with van der Waals surface area (Å²) in [6.07, 6.45) is 5.89. The van der Waals surface area contributed by atoms with E-state index in [4.69, 9.17) is 35.8 Å². The van der Waals surface area contributed by atoms with Gasteiger partial charge in [0.1, 0.15) is 28.7 Å². The number of thiazole rings is 1. The average molecular weight is 820 g/mol. The molecule has 1 saturated heterocycles. The normalized spacial score (nSPS) is 27.1. The molecule has 13 heteroatoms. The summed E-state index contributed by atoms with van der Waals surface area (Å²) in [7, 11) is 1.53. The zero-order valence-electron chi connectivity index (χ0n) is 33.7. The molecule has 1 aromatic carbocycles. The van der Waals surface area contributed by atoms with Gasteiger partial charge in [0.05, 0.1) is 59.4 Å². The Bertz CT molecular complexity index is 2080. The average Bonchev–Trinajstić information content (AvgIpc) is 3.67. The monoisotopic (exact) mass is 819 g/mol. The molecule has 0 radical (unpaired) electrons. The predicted octanol–water partition coefficient (Wildman–Crippen LogP) is 8.59. The molecule has 1 N–H and O–H groups in total. The van der Waals surface area contributed by atoms with E-state index in [0.29, 0.717) is 63.0 Å². The number of carbonyl (C=O) groups excluding carboxylic acids is 3. The molecule has 4 fully saturated rings. The number of fused-ring (bicyclic) bond motifs is 3. The van der Waals surface area contributed by atoms with Crippen molar-refractivity contribution in [3.63, 3.8) is 0 Å². The van der Waals surface area contributed by atoms with Crippen LogP contribution in [0.5, 0.6) is 11.5 Å². The number of ether oxygens (including phenoxy) is 3. The van der Waals surface area contributed by atoms with Crippen LogP contribution in [-0.2, 0) is 30.3 Å². The first-order chi connectivity index (χ1) is 27.0. The predicted molar refractivity (Wildman–Crippen MR) is 218 cm³/mol. The van der Waals surface area contributed by atoms with E-state index in [2.05, 4.69) is 20.4 Å². The highest BCUT2D eigenvalue weighted by Gasteiger charge is 2.61. The number of halogens is 1. The van der Waals surface area contributed by atoms with Crippen molar-refractivity contribution >= 4 is 57.5 Å². The second-order valence-corrected chi connectivity index (χ2v) is 19.5. The van der Waals surface area contributed by atoms with Gasteiger partial charge in [0.15, 0.2) is 5.78 Å². The summed E-state index contributed by atoms with van der Waals surface area (Å²) >= 11 is 8.41. The summed E-state index contributed by atoms with van der Waals surface area (Å²) in [6, 6.07) is 4.39. The molecule has 3 saturated carbocycles. The minimum atomic E-state index is -1.26. The Balaban J connectivity index is 1.20. The van der Waals surface area contributed by atoms with Crippen molar-refractivity contribution in [3.8, 4) is 22.9 Å². The van der Waals surface area contributed by atoms with Gasteiger partial charge in [0.2, 0.25) is 5.91 Å². The van der Waals surface area contributed by atoms with Crippen molar-refractivity contribution in [2.45, 2.75) is 111 Å². The molecule has 1 amide bonds. The van der Waals surface area contributed by atoms with Gasteiger partial charge < -0.3 is 24.2 Å². The van der Waals surface area contributed by atoms with Gasteiger partial charge in [-0.15, -0.1) is 17.9 Å². The zero-order chi connectivity index (χ0) is 41.0. The zero-order valence-corrected chi connectivity index (χ0v) is 35.3. The van der Waals surface area contributed by atoms with Gasteiger partial charge in [-0.2, -0.15) is 0 Å². The van der Waals surface area contributed by atoms with Crippen LogP contribution in [-0.4, -0.2) is 75.5 Å². The topological polar surface area (TPSA) is 145 Å². The second kappa shape index (κ2) is 16.0. The molecule has 1 aliphatic heterocycles. The quantitative estimate of drug-likeness (QED) is 0.117. The Morgan fingerprint density at radius 1 is 1.11 bits per heavy atom. The number of likely N-dealkylation sites (tertiary alicyclic amines) is 1. The Morgan fingerprint density at radius 3 is 2.49 bits per heavy atom. The highest BCUT2D eigenvalue weighted by Crippen LogP contribution is 2.57. The lowest BCUT2D eigenvalue weighted by Gasteiger charge is -2.35. The third-order valence-electron chi connectivity index (χ3n) is 12.7. The number of carboxylic acid groups (broad SMARTS) is 1. The number of Topliss-reactive ketones (excluding diaryl/α,β-unsaturated/α-hetero) is 1. The van der Waals surface area contributed by atoms with E-state index < -0.39 is 40.8 Å². The fourth-order valence-electron chi connectivity index (χ4n) is 9.35. The molecule has 3 heterocycles. The summed E-state index contributed by atoms with van der Waals surface area (Å²) in [6.45, 7) is 13.8. The van der Waals surface area contributed by atoms with E-state index in [9.17, 15) is 24.3 Å². The van der Waals surface area contributed by atoms with Gasteiger partial charge in [-0.1, -0.05) is 52.3 Å². The maximum atomic E-state index is 14.8. The number of pyridine rings is 1. The van der Waals surface area contributed by atoms with Crippen molar-refractivity contribution in [1.82, 2.24) is 14.9 Å². The maximum Gasteiger partial charge on any atom is 0.310 e. The van der Waals surface area contributed by atoms with E-state index in [1.165, 1.54) is 18.4 Å². The van der Waals surface area contributed by atoms with Crippen LogP contribution >= 0.6 is 22.9 Å². The molecule has 4 unspecified atom stereocenters. The van der Waals surface area contributed by atoms with Crippen LogP contribution in [0.2, 0.25) is 5.02 Å². The molecular formula is C44H54ClN3O8S. The van der Waals surface area contributed by atoms with Crippen LogP contribution in [0, 0.1) is 40.4 Å². The van der Waals surface area contributed by atoms with E-state index in [1.807, 2.05) is 38.3 Å². The summed E-state index contributed by atoms with van der Waals surface area (Å²) in [5.74, 6) is -1.02. The molecule has 2 bridgehead atoms. The number of carboxylic acids is 1. The van der Waals surface area contributed by atoms with Crippen molar-refractivity contribution in [2.24, 2.45) is 40.4 Å². The largest absolute Gasteiger partial charge is 0.495 e. The lowest BCUT2D eigenvalue weighted by atomic mass is 9.77. The fourth-order valence-corrected chi connectivity index (χ4v) is 10.6. The molecule has 2 aromatic heterocycles. The smallest absolute Gasteiger partial charge is 0.310 e. The summed E-state index contributed by atoms with van der Waals surface area (Å²) in [5, 5.41) is 14.1. The number of aromatic nitrogens is 2. The minimum absolute atomic E-state index is 0.0481. The van der Waals surface area contributed by atoms with Gasteiger partial charge in [-0.3, -0.25) is 19.2 Å². The van der Waals surface area contributed by atoms with Gasteiger partial charge in [-0.05, 0) is 73.3 Å². The SMILES string of the molecule is C=CC1C[C@]1(CC(=O)[C@@H]1C[C@@H](Oc2cc(-c3csc(CC(C)C)n3)nc3c(Cl)c(OC)ccc23)CN1C(=O)[C@@H](CC(=O)OC1CC2CCC1C2)C(C)(C)C)C(=O)O. The number of esters is 1.